The van der Waals surface area contributed by atoms with Gasteiger partial charge >= 0.3 is 0 Å². The number of furan rings is 1. The first-order valence-corrected chi connectivity index (χ1v) is 7.34. The maximum absolute atomic E-state index is 11.7. The number of carbonyl (C=O) groups is 1. The van der Waals surface area contributed by atoms with Gasteiger partial charge in [0, 0.05) is 24.1 Å². The van der Waals surface area contributed by atoms with E-state index in [1.54, 1.807) is 11.8 Å². The Morgan fingerprint density at radius 3 is 2.78 bits per heavy atom. The molecule has 102 valence electrons. The number of hydrogen-bond acceptors (Lipinski definition) is 4. The second-order valence-corrected chi connectivity index (χ2v) is 5.40. The molecule has 5 heteroatoms. The maximum atomic E-state index is 11.7. The molecule has 0 saturated heterocycles. The smallest absolute Gasteiger partial charge is 0.220 e. The summed E-state index contributed by atoms with van der Waals surface area (Å²) in [6, 6.07) is 3.76. The highest BCUT2D eigenvalue weighted by molar-refractivity contribution is 7.99. The third-order valence-corrected chi connectivity index (χ3v) is 3.99. The minimum Gasteiger partial charge on any atom is -0.466 e. The standard InChI is InChI=1S/C13H21NO3S/c1-9-4-5-11(17-9)6-7-13(16)14-10(2)12(8-15)18-3/h4-5,10,12,15H,6-8H2,1-3H3,(H,14,16). The quantitative estimate of drug-likeness (QED) is 0.793. The number of nitrogens with one attached hydrogen (secondary N) is 1. The summed E-state index contributed by atoms with van der Waals surface area (Å²) in [6.07, 6.45) is 2.94. The molecule has 0 aliphatic carbocycles. The fourth-order valence-electron chi connectivity index (χ4n) is 1.71. The second kappa shape index (κ2) is 7.48. The van der Waals surface area contributed by atoms with Gasteiger partial charge in [0.2, 0.25) is 5.91 Å². The Kier molecular flexibility index (Phi) is 6.29. The minimum absolute atomic E-state index is 0.0101. The topological polar surface area (TPSA) is 62.5 Å². The van der Waals surface area contributed by atoms with E-state index >= 15 is 0 Å². The molecule has 0 saturated carbocycles. The first-order chi connectivity index (χ1) is 8.56. The second-order valence-electron chi connectivity index (χ2n) is 4.33. The summed E-state index contributed by atoms with van der Waals surface area (Å²) in [6.45, 7) is 3.86. The molecule has 1 aromatic rings. The van der Waals surface area contributed by atoms with Crippen LogP contribution >= 0.6 is 11.8 Å². The van der Waals surface area contributed by atoms with E-state index in [2.05, 4.69) is 5.32 Å². The molecule has 0 aliphatic rings. The molecule has 1 rings (SSSR count). The van der Waals surface area contributed by atoms with Gasteiger partial charge in [0.15, 0.2) is 0 Å². The van der Waals surface area contributed by atoms with Crippen LogP contribution in [0.5, 0.6) is 0 Å². The van der Waals surface area contributed by atoms with Gasteiger partial charge in [-0.05, 0) is 32.2 Å². The molecule has 0 aromatic carbocycles. The summed E-state index contributed by atoms with van der Waals surface area (Å²) in [5, 5.41) is 12.1. The number of aryl methyl sites for hydroxylation is 2. The molecule has 2 unspecified atom stereocenters. The summed E-state index contributed by atoms with van der Waals surface area (Å²) in [5.41, 5.74) is 0. The van der Waals surface area contributed by atoms with Gasteiger partial charge < -0.3 is 14.8 Å². The van der Waals surface area contributed by atoms with Crippen molar-refractivity contribution in [1.29, 1.82) is 0 Å². The van der Waals surface area contributed by atoms with Crippen LogP contribution in [-0.4, -0.2) is 35.2 Å². The summed E-state index contributed by atoms with van der Waals surface area (Å²) in [7, 11) is 0. The molecule has 2 N–H and O–H groups in total. The third-order valence-electron chi connectivity index (χ3n) is 2.82. The van der Waals surface area contributed by atoms with Crippen molar-refractivity contribution in [3.63, 3.8) is 0 Å². The number of rotatable bonds is 7. The molecule has 0 radical (unpaired) electrons. The van der Waals surface area contributed by atoms with Gasteiger partial charge in [0.25, 0.3) is 0 Å². The van der Waals surface area contributed by atoms with Crippen LogP contribution in [0.1, 0.15) is 24.9 Å². The van der Waals surface area contributed by atoms with Crippen molar-refractivity contribution in [3.05, 3.63) is 23.7 Å². The molecule has 0 aliphatic heterocycles. The van der Waals surface area contributed by atoms with E-state index in [0.717, 1.165) is 11.5 Å². The Bertz CT molecular complexity index is 374. The number of hydrogen-bond donors (Lipinski definition) is 2. The highest BCUT2D eigenvalue weighted by atomic mass is 32.2. The molecule has 1 heterocycles. The van der Waals surface area contributed by atoms with E-state index in [-0.39, 0.29) is 23.8 Å². The fourth-order valence-corrected chi connectivity index (χ4v) is 2.34. The normalized spacial score (nSPS) is 14.2. The first kappa shape index (κ1) is 15.1. The average molecular weight is 271 g/mol. The summed E-state index contributed by atoms with van der Waals surface area (Å²) in [4.78, 5) is 11.7. The van der Waals surface area contributed by atoms with E-state index in [0.29, 0.717) is 12.8 Å². The van der Waals surface area contributed by atoms with Gasteiger partial charge in [-0.3, -0.25) is 4.79 Å². The van der Waals surface area contributed by atoms with Gasteiger partial charge in [-0.1, -0.05) is 0 Å². The molecular formula is C13H21NO3S. The van der Waals surface area contributed by atoms with Gasteiger partial charge in [-0.25, -0.2) is 0 Å². The summed E-state index contributed by atoms with van der Waals surface area (Å²) < 4.78 is 5.40. The Labute approximate surface area is 112 Å². The number of aliphatic hydroxyl groups is 1. The number of thioether (sulfide) groups is 1. The molecule has 0 bridgehead atoms. The predicted octanol–water partition coefficient (Wildman–Crippen LogP) is 1.75. The van der Waals surface area contributed by atoms with Crippen LogP contribution in [0, 0.1) is 6.92 Å². The van der Waals surface area contributed by atoms with Crippen LogP contribution in [0.15, 0.2) is 16.5 Å². The maximum Gasteiger partial charge on any atom is 0.220 e. The van der Waals surface area contributed by atoms with Gasteiger partial charge in [0.1, 0.15) is 11.5 Å². The van der Waals surface area contributed by atoms with Crippen LogP contribution in [0.25, 0.3) is 0 Å². The van der Waals surface area contributed by atoms with Crippen LogP contribution in [-0.2, 0) is 11.2 Å². The molecule has 1 aromatic heterocycles. The minimum atomic E-state index is -0.0316. The highest BCUT2D eigenvalue weighted by Gasteiger charge is 2.17. The zero-order valence-electron chi connectivity index (χ0n) is 11.1. The monoisotopic (exact) mass is 271 g/mol. The number of carbonyl (C=O) groups excluding carboxylic acids is 1. The van der Waals surface area contributed by atoms with Crippen molar-refractivity contribution in [3.8, 4) is 0 Å². The zero-order chi connectivity index (χ0) is 13.5. The lowest BCUT2D eigenvalue weighted by molar-refractivity contribution is -0.121. The zero-order valence-corrected chi connectivity index (χ0v) is 11.9. The number of aliphatic hydroxyl groups excluding tert-OH is 1. The van der Waals surface area contributed by atoms with Crippen molar-refractivity contribution in [2.45, 2.75) is 38.0 Å². The van der Waals surface area contributed by atoms with Crippen molar-refractivity contribution in [2.75, 3.05) is 12.9 Å². The van der Waals surface area contributed by atoms with Crippen molar-refractivity contribution < 1.29 is 14.3 Å². The van der Waals surface area contributed by atoms with Gasteiger partial charge in [0.05, 0.1) is 6.61 Å². The summed E-state index contributed by atoms with van der Waals surface area (Å²) in [5.74, 6) is 1.68. The van der Waals surface area contributed by atoms with E-state index in [1.165, 1.54) is 0 Å². The van der Waals surface area contributed by atoms with Crippen LogP contribution in [0.4, 0.5) is 0 Å². The lowest BCUT2D eigenvalue weighted by atomic mass is 10.2. The first-order valence-electron chi connectivity index (χ1n) is 6.05. The summed E-state index contributed by atoms with van der Waals surface area (Å²) >= 11 is 1.55. The molecule has 0 fully saturated rings. The van der Waals surface area contributed by atoms with Gasteiger partial charge in [-0.2, -0.15) is 11.8 Å². The molecule has 1 amide bonds. The van der Waals surface area contributed by atoms with Crippen molar-refractivity contribution in [2.24, 2.45) is 0 Å². The largest absolute Gasteiger partial charge is 0.466 e. The van der Waals surface area contributed by atoms with E-state index in [4.69, 9.17) is 9.52 Å². The van der Waals surface area contributed by atoms with Crippen LogP contribution < -0.4 is 5.32 Å². The highest BCUT2D eigenvalue weighted by Crippen LogP contribution is 2.11. The van der Waals surface area contributed by atoms with E-state index in [9.17, 15) is 4.79 Å². The van der Waals surface area contributed by atoms with E-state index < -0.39 is 0 Å². The van der Waals surface area contributed by atoms with Crippen LogP contribution in [0.3, 0.4) is 0 Å². The van der Waals surface area contributed by atoms with Gasteiger partial charge in [-0.15, -0.1) is 0 Å². The fraction of sp³-hybridized carbons (Fsp3) is 0.615. The average Bonchev–Trinajstić information content (AvgIpc) is 2.74. The lowest BCUT2D eigenvalue weighted by Crippen LogP contribution is -2.41. The molecule has 0 spiro atoms. The molecule has 18 heavy (non-hydrogen) atoms. The molecule has 4 nitrogen and oxygen atoms in total. The Morgan fingerprint density at radius 2 is 2.28 bits per heavy atom. The third kappa shape index (κ3) is 4.74. The molecular weight excluding hydrogens is 250 g/mol. The Hall–Kier alpha value is -0.940. The van der Waals surface area contributed by atoms with Crippen molar-refractivity contribution in [1.82, 2.24) is 5.32 Å². The van der Waals surface area contributed by atoms with Crippen LogP contribution in [0.2, 0.25) is 0 Å². The molecule has 2 atom stereocenters. The number of amides is 1. The lowest BCUT2D eigenvalue weighted by Gasteiger charge is -2.21. The van der Waals surface area contributed by atoms with Crippen molar-refractivity contribution >= 4 is 17.7 Å². The predicted molar refractivity (Wildman–Crippen MR) is 73.8 cm³/mol. The Morgan fingerprint density at radius 1 is 1.56 bits per heavy atom. The SMILES string of the molecule is CSC(CO)C(C)NC(=O)CCc1ccc(C)o1. The van der Waals surface area contributed by atoms with E-state index in [1.807, 2.05) is 32.2 Å². The Balaban J connectivity index is 2.33.